The number of hydrogen-bond acceptors (Lipinski definition) is 13. The van der Waals surface area contributed by atoms with Crippen LogP contribution in [0.5, 0.6) is 0 Å². The molecule has 2 unspecified atom stereocenters. The molecule has 0 N–H and O–H groups in total. The first kappa shape index (κ1) is 37.1. The zero-order chi connectivity index (χ0) is 38.3. The van der Waals surface area contributed by atoms with Gasteiger partial charge < -0.3 is 14.7 Å². The Kier molecular flexibility index (Phi) is 11.5. The molecule has 0 spiro atoms. The van der Waals surface area contributed by atoms with E-state index in [-0.39, 0.29) is 0 Å². The monoisotopic (exact) mass is 775 g/mol. The number of nitriles is 2. The van der Waals surface area contributed by atoms with Gasteiger partial charge in [-0.2, -0.15) is 10.5 Å². The van der Waals surface area contributed by atoms with Gasteiger partial charge in [-0.3, -0.25) is 0 Å². The van der Waals surface area contributed by atoms with E-state index in [9.17, 15) is 10.5 Å². The number of para-hydroxylation sites is 2. The zero-order valence-electron chi connectivity index (χ0n) is 31.1. The largest absolute Gasteiger partial charge is 0.341 e. The Balaban J connectivity index is 0.000000161. The number of rotatable bonds is 8. The first-order valence-corrected chi connectivity index (χ1v) is 20.6. The van der Waals surface area contributed by atoms with Crippen LogP contribution in [0.2, 0.25) is 0 Å². The third-order valence-electron chi connectivity index (χ3n) is 10.3. The minimum absolute atomic E-state index is 0.466. The van der Waals surface area contributed by atoms with Crippen LogP contribution in [0, 0.1) is 28.6 Å². The van der Waals surface area contributed by atoms with Crippen molar-refractivity contribution in [1.29, 1.82) is 10.5 Å². The summed E-state index contributed by atoms with van der Waals surface area (Å²) in [6.45, 7) is 5.68. The second-order valence-corrected chi connectivity index (χ2v) is 16.3. The molecule has 0 aliphatic carbocycles. The van der Waals surface area contributed by atoms with E-state index in [1.807, 2.05) is 60.7 Å². The highest BCUT2D eigenvalue weighted by Crippen LogP contribution is 2.33. The Hall–Kier alpha value is -5.86. The number of anilines is 2. The van der Waals surface area contributed by atoms with Crippen LogP contribution < -0.4 is 9.80 Å². The molecule has 2 aliphatic rings. The molecule has 9 rings (SSSR count). The molecule has 2 aliphatic heterocycles. The van der Waals surface area contributed by atoms with Crippen molar-refractivity contribution in [1.82, 2.24) is 34.8 Å². The summed E-state index contributed by atoms with van der Waals surface area (Å²) in [6, 6.07) is 35.1. The summed E-state index contributed by atoms with van der Waals surface area (Å²) >= 11 is 3.11. The number of thiazole rings is 2. The van der Waals surface area contributed by atoms with E-state index in [0.29, 0.717) is 17.6 Å². The van der Waals surface area contributed by atoms with E-state index in [0.717, 1.165) is 101 Å². The first-order valence-electron chi connectivity index (χ1n) is 18.9. The highest BCUT2D eigenvalue weighted by Gasteiger charge is 2.25. The molecular weight excluding hydrogens is 735 g/mol. The molecule has 56 heavy (non-hydrogen) atoms. The number of fused-ring (bicyclic) bond motifs is 2. The minimum Gasteiger partial charge on any atom is -0.341 e. The van der Waals surface area contributed by atoms with Gasteiger partial charge in [0.2, 0.25) is 11.9 Å². The first-order chi connectivity index (χ1) is 27.5. The molecule has 13 heteroatoms. The van der Waals surface area contributed by atoms with Gasteiger partial charge in [-0.05, 0) is 74.2 Å². The van der Waals surface area contributed by atoms with Gasteiger partial charge >= 0.3 is 0 Å². The molecule has 0 bridgehead atoms. The van der Waals surface area contributed by atoms with E-state index in [4.69, 9.17) is 4.98 Å². The summed E-state index contributed by atoms with van der Waals surface area (Å²) in [7, 11) is 2.12. The maximum Gasteiger partial charge on any atom is 0.225 e. The summed E-state index contributed by atoms with van der Waals surface area (Å²) in [5.41, 5.74) is 4.70. The Morgan fingerprint density at radius 1 is 0.607 bits per heavy atom. The number of likely N-dealkylation sites (N-methyl/N-ethyl adjacent to an activating group) is 1. The minimum atomic E-state index is -0.477. The van der Waals surface area contributed by atoms with E-state index >= 15 is 0 Å². The number of piperazine rings is 1. The number of aromatic nitrogens is 6. The van der Waals surface area contributed by atoms with Gasteiger partial charge in [0, 0.05) is 51.7 Å². The van der Waals surface area contributed by atoms with Gasteiger partial charge in [-0.1, -0.05) is 54.6 Å². The molecule has 280 valence electrons. The van der Waals surface area contributed by atoms with Crippen molar-refractivity contribution in [2.24, 2.45) is 5.92 Å². The van der Waals surface area contributed by atoms with Gasteiger partial charge in [-0.15, -0.1) is 22.7 Å². The highest BCUT2D eigenvalue weighted by atomic mass is 32.1. The standard InChI is InChI=1S/C25H23N5S.C18H18N6S/c26-17-20(24-28-22-8-4-5-9-23(22)31-24)21-10-13-27-25(29-21)30-14-11-19(12-15-30)16-18-6-2-1-3-7-18;1-23-8-10-24(11-9-23)18-20-7-6-14(22-18)13(12-19)17-21-15-4-2-3-5-16(15)25-17/h1-10,13,19-20H,11-12,14-16H2;2-7,13H,8-11H2,1H3. The Labute approximate surface area is 334 Å². The summed E-state index contributed by atoms with van der Waals surface area (Å²) in [5.74, 6) is 1.17. The number of benzene rings is 3. The number of piperidine rings is 1. The molecular formula is C43H41N11S2. The quantitative estimate of drug-likeness (QED) is 0.150. The maximum atomic E-state index is 9.88. The topological polar surface area (TPSA) is 135 Å². The smallest absolute Gasteiger partial charge is 0.225 e. The van der Waals surface area contributed by atoms with Crippen LogP contribution in [0.4, 0.5) is 11.9 Å². The molecule has 2 fully saturated rings. The van der Waals surface area contributed by atoms with Crippen molar-refractivity contribution in [3.8, 4) is 12.1 Å². The van der Waals surface area contributed by atoms with Crippen LogP contribution in [0.15, 0.2) is 103 Å². The Morgan fingerprint density at radius 2 is 1.09 bits per heavy atom. The maximum absolute atomic E-state index is 9.88. The van der Waals surface area contributed by atoms with E-state index in [1.165, 1.54) is 5.56 Å². The predicted molar refractivity (Wildman–Crippen MR) is 223 cm³/mol. The summed E-state index contributed by atoms with van der Waals surface area (Å²) in [4.78, 5) is 34.4. The zero-order valence-corrected chi connectivity index (χ0v) is 32.8. The van der Waals surface area contributed by atoms with Crippen molar-refractivity contribution in [2.75, 3.05) is 56.1 Å². The molecule has 2 atom stereocenters. The van der Waals surface area contributed by atoms with Crippen molar-refractivity contribution in [3.05, 3.63) is 130 Å². The van der Waals surface area contributed by atoms with Gasteiger partial charge in [0.1, 0.15) is 21.9 Å². The second-order valence-electron chi connectivity index (χ2n) is 14.1. The third-order valence-corrected chi connectivity index (χ3v) is 12.5. The molecule has 0 amide bonds. The van der Waals surface area contributed by atoms with E-state index in [2.05, 4.69) is 89.1 Å². The lowest BCUT2D eigenvalue weighted by molar-refractivity contribution is 0.311. The second kappa shape index (κ2) is 17.3. The van der Waals surface area contributed by atoms with Gasteiger partial charge in [-0.25, -0.2) is 29.9 Å². The van der Waals surface area contributed by atoms with E-state index in [1.54, 1.807) is 35.1 Å². The van der Waals surface area contributed by atoms with Crippen molar-refractivity contribution in [3.63, 3.8) is 0 Å². The molecule has 7 aromatic rings. The fourth-order valence-corrected chi connectivity index (χ4v) is 9.21. The van der Waals surface area contributed by atoms with Crippen molar-refractivity contribution < 1.29 is 0 Å². The van der Waals surface area contributed by atoms with Gasteiger partial charge in [0.25, 0.3) is 0 Å². The van der Waals surface area contributed by atoms with Crippen LogP contribution >= 0.6 is 22.7 Å². The fraction of sp³-hybridized carbons (Fsp3) is 0.302. The Morgan fingerprint density at radius 3 is 1.59 bits per heavy atom. The van der Waals surface area contributed by atoms with Gasteiger partial charge in [0.05, 0.1) is 44.0 Å². The molecule has 4 aromatic heterocycles. The molecule has 6 heterocycles. The number of hydrogen-bond donors (Lipinski definition) is 0. The summed E-state index contributed by atoms with van der Waals surface area (Å²) in [5, 5.41) is 21.2. The summed E-state index contributed by atoms with van der Waals surface area (Å²) in [6.07, 6.45) is 6.90. The highest BCUT2D eigenvalue weighted by molar-refractivity contribution is 7.19. The molecule has 2 saturated heterocycles. The molecule has 0 saturated carbocycles. The number of nitrogens with zero attached hydrogens (tertiary/aromatic N) is 11. The fourth-order valence-electron chi connectivity index (χ4n) is 7.16. The average Bonchev–Trinajstić information content (AvgIpc) is 3.88. The van der Waals surface area contributed by atoms with Crippen LogP contribution in [0.3, 0.4) is 0 Å². The lowest BCUT2D eigenvalue weighted by atomic mass is 9.90. The average molecular weight is 776 g/mol. The molecule has 11 nitrogen and oxygen atoms in total. The van der Waals surface area contributed by atoms with Crippen LogP contribution in [-0.2, 0) is 6.42 Å². The normalized spacial score (nSPS) is 16.1. The van der Waals surface area contributed by atoms with Crippen LogP contribution in [0.1, 0.15) is 51.6 Å². The van der Waals surface area contributed by atoms with Crippen LogP contribution in [0.25, 0.3) is 20.4 Å². The molecule has 0 radical (unpaired) electrons. The van der Waals surface area contributed by atoms with Crippen molar-refractivity contribution >= 4 is 55.0 Å². The SMILES string of the molecule is CN1CCN(c2nccc(C(C#N)c3nc4ccccc4s3)n2)CC1.N#CC(c1ccnc(N2CCC(Cc3ccccc3)CC2)n1)c1nc2ccccc2s1. The Bertz CT molecular complexity index is 2410. The summed E-state index contributed by atoms with van der Waals surface area (Å²) < 4.78 is 2.18. The molecule has 3 aromatic carbocycles. The lowest BCUT2D eigenvalue weighted by Gasteiger charge is -2.32. The van der Waals surface area contributed by atoms with Gasteiger partial charge in [0.15, 0.2) is 0 Å². The lowest BCUT2D eigenvalue weighted by Crippen LogP contribution is -2.45. The van der Waals surface area contributed by atoms with Crippen molar-refractivity contribution in [2.45, 2.75) is 31.1 Å². The predicted octanol–water partition coefficient (Wildman–Crippen LogP) is 7.69. The van der Waals surface area contributed by atoms with Crippen LogP contribution in [-0.4, -0.2) is 81.1 Å². The van der Waals surface area contributed by atoms with E-state index < -0.39 is 11.8 Å². The third kappa shape index (κ3) is 8.51.